The van der Waals surface area contributed by atoms with Gasteiger partial charge in [-0.3, -0.25) is 4.79 Å². The summed E-state index contributed by atoms with van der Waals surface area (Å²) in [4.78, 5) is 12.6. The Morgan fingerprint density at radius 3 is 2.75 bits per heavy atom. The molecule has 2 aromatic carbocycles. The molecule has 5 nitrogen and oxygen atoms in total. The van der Waals surface area contributed by atoms with Crippen molar-refractivity contribution in [2.24, 2.45) is 0 Å². The third-order valence-corrected chi connectivity index (χ3v) is 5.20. The molecular formula is C22H21ClN2O3. The fourth-order valence-electron chi connectivity index (χ4n) is 3.43. The van der Waals surface area contributed by atoms with Gasteiger partial charge < -0.3 is 9.84 Å². The van der Waals surface area contributed by atoms with E-state index in [0.29, 0.717) is 29.4 Å². The van der Waals surface area contributed by atoms with Gasteiger partial charge in [-0.25, -0.2) is 4.68 Å². The maximum absolute atomic E-state index is 12.6. The minimum absolute atomic E-state index is 0.244. The minimum atomic E-state index is -0.306. The number of ether oxygens (including phenoxy) is 1. The summed E-state index contributed by atoms with van der Waals surface area (Å²) < 4.78 is 7.01. The van der Waals surface area contributed by atoms with Crippen molar-refractivity contribution in [2.45, 2.75) is 32.4 Å². The van der Waals surface area contributed by atoms with Gasteiger partial charge in [-0.2, -0.15) is 5.10 Å². The van der Waals surface area contributed by atoms with Crippen LogP contribution in [0.1, 0.15) is 23.1 Å². The van der Waals surface area contributed by atoms with Crippen LogP contribution in [0.4, 0.5) is 0 Å². The smallest absolute Gasteiger partial charge is 0.272 e. The predicted octanol–water partition coefficient (Wildman–Crippen LogP) is 3.62. The molecule has 0 bridgehead atoms. The van der Waals surface area contributed by atoms with E-state index >= 15 is 0 Å². The van der Waals surface area contributed by atoms with E-state index in [-0.39, 0.29) is 12.2 Å². The Bertz CT molecular complexity index is 1040. The number of halogens is 1. The van der Waals surface area contributed by atoms with Crippen LogP contribution in [0, 0.1) is 0 Å². The number of aromatic nitrogens is 2. The monoisotopic (exact) mass is 396 g/mol. The zero-order valence-electron chi connectivity index (χ0n) is 15.4. The first-order valence-corrected chi connectivity index (χ1v) is 9.74. The van der Waals surface area contributed by atoms with Gasteiger partial charge >= 0.3 is 0 Å². The Kier molecular flexibility index (Phi) is 5.46. The lowest BCUT2D eigenvalue weighted by atomic mass is 10.1. The molecule has 0 saturated carbocycles. The van der Waals surface area contributed by atoms with Crippen LogP contribution >= 0.6 is 11.6 Å². The van der Waals surface area contributed by atoms with Crippen LogP contribution in [0.25, 0.3) is 11.3 Å². The van der Waals surface area contributed by atoms with Crippen molar-refractivity contribution < 1.29 is 9.84 Å². The van der Waals surface area contributed by atoms with Crippen LogP contribution in [-0.4, -0.2) is 21.5 Å². The SMILES string of the molecule is O=c1c(CO)cc(-c2ccc3c(c2)CCO3)nn1CCCc1ccc(Cl)cc1. The fourth-order valence-corrected chi connectivity index (χ4v) is 3.56. The third-order valence-electron chi connectivity index (χ3n) is 4.95. The molecule has 3 aromatic rings. The van der Waals surface area contributed by atoms with E-state index in [9.17, 15) is 9.90 Å². The van der Waals surface area contributed by atoms with Crippen molar-refractivity contribution in [1.29, 1.82) is 0 Å². The number of fused-ring (bicyclic) bond motifs is 1. The summed E-state index contributed by atoms with van der Waals surface area (Å²) in [6.45, 7) is 0.869. The number of hydrogen-bond acceptors (Lipinski definition) is 4. The zero-order valence-corrected chi connectivity index (χ0v) is 16.2. The van der Waals surface area contributed by atoms with E-state index < -0.39 is 0 Å². The van der Waals surface area contributed by atoms with Gasteiger partial charge in [0.05, 0.1) is 18.9 Å². The molecule has 0 unspecified atom stereocenters. The van der Waals surface area contributed by atoms with Crippen LogP contribution in [0.5, 0.6) is 5.75 Å². The third kappa shape index (κ3) is 3.96. The molecule has 1 N–H and O–H groups in total. The Labute approximate surface area is 168 Å². The highest BCUT2D eigenvalue weighted by Crippen LogP contribution is 2.29. The Balaban J connectivity index is 1.57. The van der Waals surface area contributed by atoms with Gasteiger partial charge in [-0.05, 0) is 60.4 Å². The molecule has 4 rings (SSSR count). The Hall–Kier alpha value is -2.63. The molecule has 0 atom stereocenters. The van der Waals surface area contributed by atoms with Crippen LogP contribution in [-0.2, 0) is 26.0 Å². The Morgan fingerprint density at radius 1 is 1.14 bits per heavy atom. The van der Waals surface area contributed by atoms with Crippen LogP contribution in [0.2, 0.25) is 5.02 Å². The summed E-state index contributed by atoms with van der Waals surface area (Å²) in [7, 11) is 0. The van der Waals surface area contributed by atoms with E-state index in [1.54, 1.807) is 6.07 Å². The first-order chi connectivity index (χ1) is 13.6. The molecule has 1 aliphatic heterocycles. The molecule has 28 heavy (non-hydrogen) atoms. The summed E-state index contributed by atoms with van der Waals surface area (Å²) in [5, 5.41) is 14.9. The second-order valence-corrected chi connectivity index (χ2v) is 7.33. The maximum Gasteiger partial charge on any atom is 0.272 e. The zero-order chi connectivity index (χ0) is 19.5. The van der Waals surface area contributed by atoms with E-state index in [2.05, 4.69) is 5.10 Å². The molecule has 1 aliphatic rings. The highest BCUT2D eigenvalue weighted by Gasteiger charge is 2.15. The van der Waals surface area contributed by atoms with Crippen molar-refractivity contribution >= 4 is 11.6 Å². The van der Waals surface area contributed by atoms with E-state index in [1.165, 1.54) is 4.68 Å². The second kappa shape index (κ2) is 8.17. The minimum Gasteiger partial charge on any atom is -0.493 e. The molecule has 1 aromatic heterocycles. The highest BCUT2D eigenvalue weighted by atomic mass is 35.5. The van der Waals surface area contributed by atoms with Crippen molar-refractivity contribution in [3.63, 3.8) is 0 Å². The summed E-state index contributed by atoms with van der Waals surface area (Å²) in [5.74, 6) is 0.905. The molecular weight excluding hydrogens is 376 g/mol. The number of rotatable bonds is 6. The van der Waals surface area contributed by atoms with E-state index in [1.807, 2.05) is 42.5 Å². The van der Waals surface area contributed by atoms with Gasteiger partial charge in [-0.15, -0.1) is 0 Å². The predicted molar refractivity (Wildman–Crippen MR) is 109 cm³/mol. The molecule has 0 radical (unpaired) electrons. The number of aliphatic hydroxyl groups is 1. The quantitative estimate of drug-likeness (QED) is 0.691. The first-order valence-electron chi connectivity index (χ1n) is 9.36. The van der Waals surface area contributed by atoms with Gasteiger partial charge in [0.25, 0.3) is 5.56 Å². The molecule has 144 valence electrons. The van der Waals surface area contributed by atoms with Gasteiger partial charge in [0.1, 0.15) is 5.75 Å². The molecule has 0 amide bonds. The second-order valence-electron chi connectivity index (χ2n) is 6.89. The lowest BCUT2D eigenvalue weighted by Gasteiger charge is -2.11. The molecule has 0 aliphatic carbocycles. The summed E-state index contributed by atoms with van der Waals surface area (Å²) in [6.07, 6.45) is 2.46. The van der Waals surface area contributed by atoms with Gasteiger partial charge in [0.15, 0.2) is 0 Å². The summed E-state index contributed by atoms with van der Waals surface area (Å²) >= 11 is 5.92. The topological polar surface area (TPSA) is 64.3 Å². The number of nitrogens with zero attached hydrogens (tertiary/aromatic N) is 2. The van der Waals surface area contributed by atoms with Crippen LogP contribution < -0.4 is 10.3 Å². The first kappa shape index (κ1) is 18.7. The molecule has 0 spiro atoms. The van der Waals surface area contributed by atoms with Gasteiger partial charge in [0, 0.05) is 29.1 Å². The number of aliphatic hydroxyl groups excluding tert-OH is 1. The molecule has 0 fully saturated rings. The lowest BCUT2D eigenvalue weighted by Crippen LogP contribution is -2.27. The summed E-state index contributed by atoms with van der Waals surface area (Å²) in [5.41, 5.74) is 4.02. The largest absolute Gasteiger partial charge is 0.493 e. The number of benzene rings is 2. The maximum atomic E-state index is 12.6. The standard InChI is InChI=1S/C22H21ClN2O3/c23-19-6-3-15(4-7-19)2-1-10-25-22(27)18(14-26)13-20(24-25)16-5-8-21-17(12-16)9-11-28-21/h3-8,12-13,26H,1-2,9-11,14H2. The van der Waals surface area contributed by atoms with Crippen molar-refractivity contribution in [2.75, 3.05) is 6.61 Å². The van der Waals surface area contributed by atoms with E-state index in [4.69, 9.17) is 16.3 Å². The van der Waals surface area contributed by atoms with Crippen molar-refractivity contribution in [3.05, 3.63) is 80.6 Å². The molecule has 6 heteroatoms. The number of hydrogen-bond donors (Lipinski definition) is 1. The lowest BCUT2D eigenvalue weighted by molar-refractivity contribution is 0.278. The average molecular weight is 397 g/mol. The van der Waals surface area contributed by atoms with Crippen LogP contribution in [0.15, 0.2) is 53.3 Å². The number of aryl methyl sites for hydroxylation is 2. The molecule has 0 saturated heterocycles. The normalized spacial score (nSPS) is 12.6. The van der Waals surface area contributed by atoms with Gasteiger partial charge in [-0.1, -0.05) is 23.7 Å². The van der Waals surface area contributed by atoms with Crippen molar-refractivity contribution in [3.8, 4) is 17.0 Å². The Morgan fingerprint density at radius 2 is 1.96 bits per heavy atom. The van der Waals surface area contributed by atoms with Crippen LogP contribution in [0.3, 0.4) is 0 Å². The average Bonchev–Trinajstić information content (AvgIpc) is 3.18. The van der Waals surface area contributed by atoms with Gasteiger partial charge in [0.2, 0.25) is 0 Å². The summed E-state index contributed by atoms with van der Waals surface area (Å²) in [6, 6.07) is 15.3. The van der Waals surface area contributed by atoms with Crippen molar-refractivity contribution in [1.82, 2.24) is 9.78 Å². The highest BCUT2D eigenvalue weighted by molar-refractivity contribution is 6.30. The fraction of sp³-hybridized carbons (Fsp3) is 0.273. The van der Waals surface area contributed by atoms with E-state index in [0.717, 1.165) is 41.7 Å². The molecule has 2 heterocycles.